The smallest absolute Gasteiger partial charge is 0.426 e. The fraction of sp³-hybridized carbons (Fsp3) is 0.471. The quantitative estimate of drug-likeness (QED) is 0.322. The van der Waals surface area contributed by atoms with Gasteiger partial charge in [-0.3, -0.25) is 4.79 Å². The van der Waals surface area contributed by atoms with Gasteiger partial charge in [-0.15, -0.1) is 0 Å². The fourth-order valence-corrected chi connectivity index (χ4v) is 2.63. The van der Waals surface area contributed by atoms with Crippen molar-refractivity contribution in [3.8, 4) is 0 Å². The van der Waals surface area contributed by atoms with Gasteiger partial charge in [0.1, 0.15) is 12.9 Å². The number of aryl methyl sites for hydroxylation is 2. The van der Waals surface area contributed by atoms with Gasteiger partial charge in [-0.05, 0) is 31.4 Å². The van der Waals surface area contributed by atoms with E-state index in [1.165, 1.54) is 16.6 Å². The Kier molecular flexibility index (Phi) is 8.26. The maximum absolute atomic E-state index is 12.1. The average Bonchev–Trinajstić information content (AvgIpc) is 3.07. The van der Waals surface area contributed by atoms with Gasteiger partial charge in [0, 0.05) is 6.42 Å². The zero-order valence-corrected chi connectivity index (χ0v) is 14.8. The zero-order valence-electron chi connectivity index (χ0n) is 14.8. The topological polar surface area (TPSA) is 126 Å². The molecule has 5 N–H and O–H groups in total. The van der Waals surface area contributed by atoms with Crippen molar-refractivity contribution in [2.45, 2.75) is 44.6 Å². The molecule has 26 heavy (non-hydrogen) atoms. The van der Waals surface area contributed by atoms with Gasteiger partial charge in [0.05, 0.1) is 5.94 Å². The van der Waals surface area contributed by atoms with Crippen LogP contribution in [0.15, 0.2) is 36.7 Å². The van der Waals surface area contributed by atoms with E-state index in [0.29, 0.717) is 31.6 Å². The molecule has 0 saturated carbocycles. The summed E-state index contributed by atoms with van der Waals surface area (Å²) in [6, 6.07) is 10.1. The Morgan fingerprint density at radius 3 is 2.69 bits per heavy atom. The first kappa shape index (κ1) is 20.1. The van der Waals surface area contributed by atoms with E-state index in [-0.39, 0.29) is 12.5 Å². The lowest BCUT2D eigenvalue weighted by molar-refractivity contribution is -0.122. The molecule has 0 radical (unpaired) electrons. The molecule has 140 valence electrons. The van der Waals surface area contributed by atoms with Gasteiger partial charge in [-0.2, -0.15) is 5.10 Å². The van der Waals surface area contributed by atoms with Crippen molar-refractivity contribution in [1.82, 2.24) is 20.1 Å². The number of rotatable bonds is 11. The van der Waals surface area contributed by atoms with Crippen LogP contribution in [0.5, 0.6) is 0 Å². The third kappa shape index (κ3) is 6.95. The van der Waals surface area contributed by atoms with Crippen LogP contribution in [0.2, 0.25) is 0 Å². The van der Waals surface area contributed by atoms with Crippen LogP contribution in [0.1, 0.15) is 30.7 Å². The number of nitrogens with one attached hydrogen (secondary N) is 1. The van der Waals surface area contributed by atoms with Crippen molar-refractivity contribution in [3.05, 3.63) is 48.0 Å². The molecule has 9 heteroatoms. The van der Waals surface area contributed by atoms with Gasteiger partial charge in [0.15, 0.2) is 5.82 Å². The van der Waals surface area contributed by atoms with Crippen molar-refractivity contribution in [3.63, 3.8) is 0 Å². The summed E-state index contributed by atoms with van der Waals surface area (Å²) in [7, 11) is -1.60. The number of benzene rings is 1. The normalized spacial score (nSPS) is 12.0. The van der Waals surface area contributed by atoms with Gasteiger partial charge in [-0.25, -0.2) is 9.67 Å². The molecule has 1 aromatic heterocycles. The molecule has 1 amide bonds. The Balaban J connectivity index is 1.80. The Morgan fingerprint density at radius 2 is 2.00 bits per heavy atom. The van der Waals surface area contributed by atoms with Crippen LogP contribution in [-0.4, -0.2) is 50.3 Å². The molecular formula is C17H26BN5O3. The Bertz CT molecular complexity index is 665. The summed E-state index contributed by atoms with van der Waals surface area (Å²) in [5, 5.41) is 25.7. The average molecular weight is 359 g/mol. The molecule has 1 aromatic carbocycles. The number of carbonyl (C=O) groups is 1. The summed E-state index contributed by atoms with van der Waals surface area (Å²) in [5.74, 6) is -0.381. The molecule has 0 saturated heterocycles. The molecule has 0 aliphatic carbocycles. The van der Waals surface area contributed by atoms with Crippen LogP contribution in [0.4, 0.5) is 0 Å². The van der Waals surface area contributed by atoms with Gasteiger partial charge in [0.25, 0.3) is 0 Å². The maximum atomic E-state index is 12.1. The third-order valence-corrected chi connectivity index (χ3v) is 4.05. The summed E-state index contributed by atoms with van der Waals surface area (Å²) in [6.45, 7) is 0.519. The van der Waals surface area contributed by atoms with Crippen LogP contribution in [0, 0.1) is 0 Å². The Hall–Kier alpha value is -2.23. The lowest BCUT2D eigenvalue weighted by Gasteiger charge is -2.17. The second kappa shape index (κ2) is 10.7. The maximum Gasteiger partial charge on any atom is 0.475 e. The molecule has 0 aliphatic heterocycles. The molecule has 1 unspecified atom stereocenters. The highest BCUT2D eigenvalue weighted by molar-refractivity contribution is 6.43. The summed E-state index contributed by atoms with van der Waals surface area (Å²) in [5.41, 5.74) is 6.63. The van der Waals surface area contributed by atoms with E-state index in [1.54, 1.807) is 0 Å². The van der Waals surface area contributed by atoms with E-state index in [9.17, 15) is 14.8 Å². The predicted molar refractivity (Wildman–Crippen MR) is 98.9 cm³/mol. The first-order valence-electron chi connectivity index (χ1n) is 8.86. The molecule has 2 rings (SSSR count). The van der Waals surface area contributed by atoms with E-state index in [2.05, 4.69) is 27.5 Å². The van der Waals surface area contributed by atoms with Crippen LogP contribution >= 0.6 is 0 Å². The minimum Gasteiger partial charge on any atom is -0.426 e. The third-order valence-electron chi connectivity index (χ3n) is 4.05. The summed E-state index contributed by atoms with van der Waals surface area (Å²) < 4.78 is 1.45. The molecule has 0 aliphatic rings. The SMILES string of the molecule is NCCCCC(NC(=O)Cn1cnc(CCc2ccccc2)n1)B(O)O. The number of nitrogens with two attached hydrogens (primary N) is 1. The Labute approximate surface area is 153 Å². The van der Waals surface area contributed by atoms with Crippen molar-refractivity contribution in [2.75, 3.05) is 6.54 Å². The number of unbranched alkanes of at least 4 members (excludes halogenated alkanes) is 1. The molecule has 0 spiro atoms. The summed E-state index contributed by atoms with van der Waals surface area (Å²) >= 11 is 0. The standard InChI is InChI=1S/C17H26BN5O3/c19-11-5-4-8-15(18(25)26)21-17(24)12-23-13-20-16(22-23)10-9-14-6-2-1-3-7-14/h1-3,6-7,13,15,25-26H,4-5,8-12,19H2,(H,21,24). The van der Waals surface area contributed by atoms with Crippen LogP contribution in [-0.2, 0) is 24.2 Å². The van der Waals surface area contributed by atoms with Crippen molar-refractivity contribution >= 4 is 13.0 Å². The largest absolute Gasteiger partial charge is 0.475 e. The highest BCUT2D eigenvalue weighted by atomic mass is 16.4. The number of hydrogen-bond acceptors (Lipinski definition) is 6. The Morgan fingerprint density at radius 1 is 1.23 bits per heavy atom. The van der Waals surface area contributed by atoms with Gasteiger partial charge in [-0.1, -0.05) is 36.8 Å². The number of nitrogens with zero attached hydrogens (tertiary/aromatic N) is 3. The molecule has 0 bridgehead atoms. The van der Waals surface area contributed by atoms with Crippen molar-refractivity contribution in [1.29, 1.82) is 0 Å². The number of hydrogen-bond donors (Lipinski definition) is 4. The molecule has 1 atom stereocenters. The minimum absolute atomic E-state index is 0.0154. The van der Waals surface area contributed by atoms with Gasteiger partial charge < -0.3 is 21.1 Å². The number of aromatic nitrogens is 3. The molecule has 1 heterocycles. The fourth-order valence-electron chi connectivity index (χ4n) is 2.63. The van der Waals surface area contributed by atoms with Gasteiger partial charge >= 0.3 is 7.12 Å². The number of amides is 1. The van der Waals surface area contributed by atoms with Gasteiger partial charge in [0.2, 0.25) is 5.91 Å². The lowest BCUT2D eigenvalue weighted by atomic mass is 9.76. The van der Waals surface area contributed by atoms with E-state index in [1.807, 2.05) is 18.2 Å². The van der Waals surface area contributed by atoms with E-state index < -0.39 is 13.1 Å². The van der Waals surface area contributed by atoms with Crippen LogP contribution in [0.25, 0.3) is 0 Å². The van der Waals surface area contributed by atoms with E-state index >= 15 is 0 Å². The zero-order chi connectivity index (χ0) is 18.8. The second-order valence-electron chi connectivity index (χ2n) is 6.22. The van der Waals surface area contributed by atoms with Crippen molar-refractivity contribution < 1.29 is 14.8 Å². The second-order valence-corrected chi connectivity index (χ2v) is 6.22. The summed E-state index contributed by atoms with van der Waals surface area (Å²) in [4.78, 5) is 16.3. The first-order chi connectivity index (χ1) is 12.6. The highest BCUT2D eigenvalue weighted by Crippen LogP contribution is 2.04. The predicted octanol–water partition coefficient (Wildman–Crippen LogP) is -0.311. The molecule has 8 nitrogen and oxygen atoms in total. The van der Waals surface area contributed by atoms with Crippen molar-refractivity contribution in [2.24, 2.45) is 5.73 Å². The highest BCUT2D eigenvalue weighted by Gasteiger charge is 2.24. The summed E-state index contributed by atoms with van der Waals surface area (Å²) in [6.07, 6.45) is 4.98. The number of carbonyl (C=O) groups excluding carboxylic acids is 1. The first-order valence-corrected chi connectivity index (χ1v) is 8.86. The minimum atomic E-state index is -1.60. The van der Waals surface area contributed by atoms with E-state index in [0.717, 1.165) is 12.8 Å². The molecular weight excluding hydrogens is 333 g/mol. The molecule has 0 fully saturated rings. The lowest BCUT2D eigenvalue weighted by Crippen LogP contribution is -2.47. The van der Waals surface area contributed by atoms with Crippen LogP contribution < -0.4 is 11.1 Å². The monoisotopic (exact) mass is 359 g/mol. The molecule has 2 aromatic rings. The van der Waals surface area contributed by atoms with Crippen LogP contribution in [0.3, 0.4) is 0 Å². The van der Waals surface area contributed by atoms with E-state index in [4.69, 9.17) is 5.73 Å².